The Morgan fingerprint density at radius 3 is 2.53 bits per heavy atom. The average molecular weight is 272 g/mol. The monoisotopic (exact) mass is 272 g/mol. The number of piperazine rings is 1. The average Bonchev–Trinajstić information content (AvgIpc) is 2.46. The van der Waals surface area contributed by atoms with Gasteiger partial charge in [-0.05, 0) is 6.42 Å². The van der Waals surface area contributed by atoms with Crippen LogP contribution in [-0.2, 0) is 9.53 Å². The zero-order chi connectivity index (χ0) is 14.3. The van der Waals surface area contributed by atoms with Crippen molar-refractivity contribution >= 4 is 11.7 Å². The van der Waals surface area contributed by atoms with Gasteiger partial charge < -0.3 is 20.6 Å². The first kappa shape index (κ1) is 15.7. The molecule has 0 saturated carbocycles. The third-order valence-electron chi connectivity index (χ3n) is 3.47. The van der Waals surface area contributed by atoms with Crippen LogP contribution in [0.1, 0.15) is 19.8 Å². The fourth-order valence-electron chi connectivity index (χ4n) is 2.35. The summed E-state index contributed by atoms with van der Waals surface area (Å²) in [6.07, 6.45) is 1.21. The van der Waals surface area contributed by atoms with Crippen molar-refractivity contribution in [2.45, 2.75) is 25.8 Å². The number of nitrogens with two attached hydrogens (primary N) is 1. The Morgan fingerprint density at radius 1 is 1.42 bits per heavy atom. The number of ether oxygens (including phenoxy) is 1. The molecule has 1 atom stereocenters. The molecule has 0 radical (unpaired) electrons. The lowest BCUT2D eigenvalue weighted by atomic mass is 10.1. The Hall–Kier alpha value is -1.34. The van der Waals surface area contributed by atoms with E-state index >= 15 is 0 Å². The number of amides is 1. The van der Waals surface area contributed by atoms with Crippen LogP contribution in [0.4, 0.5) is 0 Å². The summed E-state index contributed by atoms with van der Waals surface area (Å²) in [7, 11) is 1.59. The molecular formula is C12H24N4O3. The van der Waals surface area contributed by atoms with Gasteiger partial charge in [0.15, 0.2) is 5.84 Å². The predicted molar refractivity (Wildman–Crippen MR) is 72.1 cm³/mol. The van der Waals surface area contributed by atoms with E-state index in [1.165, 1.54) is 0 Å². The molecule has 1 aliphatic rings. The van der Waals surface area contributed by atoms with E-state index in [0.29, 0.717) is 26.1 Å². The molecule has 0 aromatic heterocycles. The summed E-state index contributed by atoms with van der Waals surface area (Å²) in [5.41, 5.74) is 5.68. The maximum absolute atomic E-state index is 11.8. The third-order valence-corrected chi connectivity index (χ3v) is 3.47. The molecule has 1 fully saturated rings. The number of hydrogen-bond donors (Lipinski definition) is 2. The molecular weight excluding hydrogens is 248 g/mol. The fraction of sp³-hybridized carbons (Fsp3) is 0.833. The van der Waals surface area contributed by atoms with Crippen molar-refractivity contribution in [2.75, 3.05) is 39.9 Å². The highest BCUT2D eigenvalue weighted by Gasteiger charge is 2.27. The van der Waals surface area contributed by atoms with Gasteiger partial charge in [0.05, 0.1) is 19.1 Å². The summed E-state index contributed by atoms with van der Waals surface area (Å²) in [6, 6.07) is -0.0544. The first-order chi connectivity index (χ1) is 9.13. The molecule has 0 bridgehead atoms. The molecule has 3 N–H and O–H groups in total. The van der Waals surface area contributed by atoms with Gasteiger partial charge in [0.25, 0.3) is 0 Å². The van der Waals surface area contributed by atoms with Crippen molar-refractivity contribution < 1.29 is 14.7 Å². The van der Waals surface area contributed by atoms with Gasteiger partial charge >= 0.3 is 0 Å². The molecule has 0 spiro atoms. The molecule has 1 unspecified atom stereocenters. The van der Waals surface area contributed by atoms with Gasteiger partial charge in [-0.15, -0.1) is 0 Å². The SMILES string of the molecule is CCC(C(N)=NO)N1CCN(C(=O)CCOC)CC1. The lowest BCUT2D eigenvalue weighted by Crippen LogP contribution is -2.55. The van der Waals surface area contributed by atoms with E-state index in [9.17, 15) is 4.79 Å². The van der Waals surface area contributed by atoms with E-state index in [2.05, 4.69) is 10.1 Å². The summed E-state index contributed by atoms with van der Waals surface area (Å²) < 4.78 is 4.91. The molecule has 7 heteroatoms. The smallest absolute Gasteiger partial charge is 0.224 e. The van der Waals surface area contributed by atoms with Crippen molar-refractivity contribution in [2.24, 2.45) is 10.9 Å². The lowest BCUT2D eigenvalue weighted by Gasteiger charge is -2.38. The summed E-state index contributed by atoms with van der Waals surface area (Å²) in [5, 5.41) is 11.8. The van der Waals surface area contributed by atoms with Crippen molar-refractivity contribution in [3.05, 3.63) is 0 Å². The minimum atomic E-state index is -0.0544. The molecule has 0 aliphatic carbocycles. The summed E-state index contributed by atoms with van der Waals surface area (Å²) in [4.78, 5) is 15.8. The van der Waals surface area contributed by atoms with Gasteiger partial charge in [-0.1, -0.05) is 12.1 Å². The van der Waals surface area contributed by atoms with E-state index in [-0.39, 0.29) is 17.8 Å². The molecule has 1 amide bonds. The van der Waals surface area contributed by atoms with Crippen molar-refractivity contribution in [3.8, 4) is 0 Å². The predicted octanol–water partition coefficient (Wildman–Crippen LogP) is -0.308. The Balaban J connectivity index is 2.45. The van der Waals surface area contributed by atoms with E-state index in [1.807, 2.05) is 11.8 Å². The zero-order valence-electron chi connectivity index (χ0n) is 11.7. The Kier molecular flexibility index (Phi) is 6.58. The van der Waals surface area contributed by atoms with E-state index in [4.69, 9.17) is 15.7 Å². The number of nitrogens with zero attached hydrogens (tertiary/aromatic N) is 3. The van der Waals surface area contributed by atoms with Crippen LogP contribution in [0.15, 0.2) is 5.16 Å². The molecule has 0 aromatic carbocycles. The molecule has 110 valence electrons. The molecule has 1 heterocycles. The van der Waals surface area contributed by atoms with E-state index < -0.39 is 0 Å². The number of oxime groups is 1. The van der Waals surface area contributed by atoms with Crippen molar-refractivity contribution in [1.29, 1.82) is 0 Å². The van der Waals surface area contributed by atoms with Crippen LogP contribution in [0.5, 0.6) is 0 Å². The molecule has 1 rings (SSSR count). The molecule has 19 heavy (non-hydrogen) atoms. The van der Waals surface area contributed by atoms with Gasteiger partial charge in [0, 0.05) is 33.3 Å². The van der Waals surface area contributed by atoms with Gasteiger partial charge in [-0.3, -0.25) is 9.69 Å². The highest BCUT2D eigenvalue weighted by molar-refractivity contribution is 5.85. The van der Waals surface area contributed by atoms with Gasteiger partial charge in [-0.2, -0.15) is 0 Å². The highest BCUT2D eigenvalue weighted by atomic mass is 16.5. The molecule has 0 aromatic rings. The highest BCUT2D eigenvalue weighted by Crippen LogP contribution is 2.10. The number of carbonyl (C=O) groups is 1. The number of rotatable bonds is 6. The lowest BCUT2D eigenvalue weighted by molar-refractivity contribution is -0.134. The van der Waals surface area contributed by atoms with Crippen LogP contribution >= 0.6 is 0 Å². The summed E-state index contributed by atoms with van der Waals surface area (Å²) >= 11 is 0. The Bertz CT molecular complexity index is 314. The van der Waals surface area contributed by atoms with Gasteiger partial charge in [-0.25, -0.2) is 0 Å². The summed E-state index contributed by atoms with van der Waals surface area (Å²) in [5.74, 6) is 0.361. The Morgan fingerprint density at radius 2 is 2.05 bits per heavy atom. The first-order valence-electron chi connectivity index (χ1n) is 6.62. The minimum Gasteiger partial charge on any atom is -0.409 e. The molecule has 1 aliphatic heterocycles. The second kappa shape index (κ2) is 7.96. The normalized spacial score (nSPS) is 19.5. The minimum absolute atomic E-state index is 0.0544. The molecule has 1 saturated heterocycles. The van der Waals surface area contributed by atoms with Crippen molar-refractivity contribution in [1.82, 2.24) is 9.80 Å². The number of carbonyl (C=O) groups excluding carboxylic acids is 1. The Labute approximate surface area is 114 Å². The zero-order valence-corrected chi connectivity index (χ0v) is 11.7. The largest absolute Gasteiger partial charge is 0.409 e. The number of methoxy groups -OCH3 is 1. The second-order valence-electron chi connectivity index (χ2n) is 4.61. The van der Waals surface area contributed by atoms with E-state index in [0.717, 1.165) is 19.5 Å². The van der Waals surface area contributed by atoms with E-state index in [1.54, 1.807) is 7.11 Å². The van der Waals surface area contributed by atoms with Crippen LogP contribution in [0, 0.1) is 0 Å². The molecule has 7 nitrogen and oxygen atoms in total. The maximum atomic E-state index is 11.8. The second-order valence-corrected chi connectivity index (χ2v) is 4.61. The standard InChI is InChI=1S/C12H24N4O3/c1-3-10(12(13)14-18)15-5-7-16(8-6-15)11(17)4-9-19-2/h10,18H,3-9H2,1-2H3,(H2,13,14). The third kappa shape index (κ3) is 4.36. The number of amidine groups is 1. The van der Waals surface area contributed by atoms with Crippen LogP contribution < -0.4 is 5.73 Å². The fourth-order valence-corrected chi connectivity index (χ4v) is 2.35. The topological polar surface area (TPSA) is 91.4 Å². The number of hydrogen-bond acceptors (Lipinski definition) is 5. The van der Waals surface area contributed by atoms with Crippen LogP contribution in [0.25, 0.3) is 0 Å². The summed E-state index contributed by atoms with van der Waals surface area (Å²) in [6.45, 7) is 5.30. The quantitative estimate of drug-likeness (QED) is 0.299. The van der Waals surface area contributed by atoms with Crippen LogP contribution in [0.3, 0.4) is 0 Å². The van der Waals surface area contributed by atoms with Gasteiger partial charge in [0.2, 0.25) is 5.91 Å². The van der Waals surface area contributed by atoms with Crippen LogP contribution in [0.2, 0.25) is 0 Å². The van der Waals surface area contributed by atoms with Gasteiger partial charge in [0.1, 0.15) is 0 Å². The van der Waals surface area contributed by atoms with Crippen LogP contribution in [-0.4, -0.2) is 72.7 Å². The van der Waals surface area contributed by atoms with Crippen molar-refractivity contribution in [3.63, 3.8) is 0 Å². The maximum Gasteiger partial charge on any atom is 0.224 e. The first-order valence-corrected chi connectivity index (χ1v) is 6.62.